The quantitative estimate of drug-likeness (QED) is 0.803. The second-order valence-electron chi connectivity index (χ2n) is 7.84. The molecule has 1 aliphatic carbocycles. The van der Waals surface area contributed by atoms with Gasteiger partial charge in [0.2, 0.25) is 11.8 Å². The van der Waals surface area contributed by atoms with Crippen molar-refractivity contribution in [2.45, 2.75) is 70.8 Å². The van der Waals surface area contributed by atoms with Crippen molar-refractivity contribution in [1.29, 1.82) is 0 Å². The van der Waals surface area contributed by atoms with Crippen LogP contribution in [0.15, 0.2) is 24.3 Å². The van der Waals surface area contributed by atoms with Gasteiger partial charge in [-0.2, -0.15) is 13.2 Å². The minimum atomic E-state index is -4.42. The lowest BCUT2D eigenvalue weighted by atomic mass is 9.61. The highest BCUT2D eigenvalue weighted by atomic mass is 19.4. The van der Waals surface area contributed by atoms with Gasteiger partial charge in [0, 0.05) is 12.6 Å². The monoisotopic (exact) mass is 382 g/mol. The van der Waals surface area contributed by atoms with E-state index in [4.69, 9.17) is 0 Å². The molecule has 148 valence electrons. The lowest BCUT2D eigenvalue weighted by Crippen LogP contribution is -2.75. The Kier molecular flexibility index (Phi) is 5.23. The number of nitrogens with one attached hydrogen (secondary N) is 1. The van der Waals surface area contributed by atoms with Gasteiger partial charge >= 0.3 is 6.18 Å². The summed E-state index contributed by atoms with van der Waals surface area (Å²) in [5, 5.41) is 2.76. The van der Waals surface area contributed by atoms with Crippen molar-refractivity contribution in [3.05, 3.63) is 35.4 Å². The molecule has 1 aromatic rings. The fraction of sp³-hybridized carbons (Fsp3) is 0.600. The predicted molar refractivity (Wildman–Crippen MR) is 94.6 cm³/mol. The van der Waals surface area contributed by atoms with Gasteiger partial charge in [-0.05, 0) is 44.4 Å². The van der Waals surface area contributed by atoms with Crippen LogP contribution in [0.3, 0.4) is 0 Å². The van der Waals surface area contributed by atoms with E-state index in [1.54, 1.807) is 11.0 Å². The summed E-state index contributed by atoms with van der Waals surface area (Å²) >= 11 is 0. The number of carbonyl (C=O) groups is 2. The zero-order chi connectivity index (χ0) is 19.8. The van der Waals surface area contributed by atoms with E-state index in [0.29, 0.717) is 18.4 Å². The number of β-lactam (4-membered cyclic amide) rings is 1. The largest absolute Gasteiger partial charge is 0.416 e. The number of halogens is 3. The van der Waals surface area contributed by atoms with Gasteiger partial charge in [-0.3, -0.25) is 9.59 Å². The molecule has 1 unspecified atom stereocenters. The highest BCUT2D eigenvalue weighted by Gasteiger charge is 2.63. The third kappa shape index (κ3) is 3.56. The topological polar surface area (TPSA) is 49.4 Å². The fourth-order valence-electron chi connectivity index (χ4n) is 4.41. The van der Waals surface area contributed by atoms with Gasteiger partial charge in [0.25, 0.3) is 0 Å². The minimum absolute atomic E-state index is 0.00938. The van der Waals surface area contributed by atoms with E-state index >= 15 is 0 Å². The van der Waals surface area contributed by atoms with Crippen molar-refractivity contribution in [1.82, 2.24) is 10.2 Å². The zero-order valence-corrected chi connectivity index (χ0v) is 15.6. The Balaban J connectivity index is 1.73. The van der Waals surface area contributed by atoms with Crippen LogP contribution in [0.4, 0.5) is 13.2 Å². The average molecular weight is 382 g/mol. The van der Waals surface area contributed by atoms with Crippen LogP contribution in [0.1, 0.15) is 57.1 Å². The molecule has 0 bridgehead atoms. The normalized spacial score (nSPS) is 22.1. The second-order valence-corrected chi connectivity index (χ2v) is 7.84. The molecule has 1 heterocycles. The number of hydrogen-bond donors (Lipinski definition) is 1. The smallest absolute Gasteiger partial charge is 0.350 e. The molecule has 1 saturated heterocycles. The Labute approximate surface area is 157 Å². The molecular weight excluding hydrogens is 357 g/mol. The number of alkyl halides is 3. The Morgan fingerprint density at radius 2 is 1.93 bits per heavy atom. The molecule has 1 spiro atoms. The van der Waals surface area contributed by atoms with Crippen LogP contribution in [-0.2, 0) is 22.3 Å². The molecule has 1 N–H and O–H groups in total. The van der Waals surface area contributed by atoms with Crippen LogP contribution in [0.5, 0.6) is 0 Å². The van der Waals surface area contributed by atoms with Gasteiger partial charge in [-0.1, -0.05) is 31.4 Å². The maximum Gasteiger partial charge on any atom is 0.416 e. The van der Waals surface area contributed by atoms with Crippen LogP contribution in [0.25, 0.3) is 0 Å². The van der Waals surface area contributed by atoms with Crippen LogP contribution in [0, 0.1) is 5.41 Å². The molecule has 3 rings (SSSR count). The Morgan fingerprint density at radius 1 is 1.26 bits per heavy atom. The third-order valence-corrected chi connectivity index (χ3v) is 5.73. The molecule has 0 radical (unpaired) electrons. The summed E-state index contributed by atoms with van der Waals surface area (Å²) in [6.07, 6.45) is -0.0894. The van der Waals surface area contributed by atoms with Crippen molar-refractivity contribution in [3.8, 4) is 0 Å². The summed E-state index contributed by atoms with van der Waals surface area (Å²) in [6, 6.07) is 4.32. The second kappa shape index (κ2) is 7.17. The minimum Gasteiger partial charge on any atom is -0.350 e. The van der Waals surface area contributed by atoms with E-state index in [-0.39, 0.29) is 24.4 Å². The molecule has 27 heavy (non-hydrogen) atoms. The van der Waals surface area contributed by atoms with E-state index in [1.807, 2.05) is 13.8 Å². The Morgan fingerprint density at radius 3 is 2.52 bits per heavy atom. The summed E-state index contributed by atoms with van der Waals surface area (Å²) in [5.74, 6) is -0.237. The lowest BCUT2D eigenvalue weighted by Gasteiger charge is -2.58. The van der Waals surface area contributed by atoms with Gasteiger partial charge in [0.1, 0.15) is 6.04 Å². The standard InChI is InChI=1S/C20H25F3N2O2/c1-13(2)25-16(19(18(25)27)9-4-3-5-10-19)17(26)24-12-14-7-6-8-15(11-14)20(21,22)23/h6-8,11,13,16H,3-5,9-10,12H2,1-2H3,(H,24,26). The van der Waals surface area contributed by atoms with Gasteiger partial charge < -0.3 is 10.2 Å². The van der Waals surface area contributed by atoms with Gasteiger partial charge in [0.15, 0.2) is 0 Å². The molecule has 2 amide bonds. The molecule has 7 heteroatoms. The average Bonchev–Trinajstić information content (AvgIpc) is 2.63. The first-order valence-electron chi connectivity index (χ1n) is 9.43. The maximum absolute atomic E-state index is 12.9. The predicted octanol–water partition coefficient (Wildman–Crippen LogP) is 3.89. The first-order valence-corrected chi connectivity index (χ1v) is 9.43. The van der Waals surface area contributed by atoms with E-state index in [1.165, 1.54) is 6.07 Å². The molecule has 1 atom stereocenters. The van der Waals surface area contributed by atoms with E-state index < -0.39 is 23.2 Å². The summed E-state index contributed by atoms with van der Waals surface area (Å²) in [7, 11) is 0. The molecule has 0 aromatic heterocycles. The number of benzene rings is 1. The number of rotatable bonds is 4. The molecular formula is C20H25F3N2O2. The maximum atomic E-state index is 12.9. The van der Waals surface area contributed by atoms with Gasteiger partial charge in [-0.15, -0.1) is 0 Å². The molecule has 1 aliphatic heterocycles. The summed E-state index contributed by atoms with van der Waals surface area (Å²) in [5.41, 5.74) is -0.973. The summed E-state index contributed by atoms with van der Waals surface area (Å²) < 4.78 is 38.5. The third-order valence-electron chi connectivity index (χ3n) is 5.73. The van der Waals surface area contributed by atoms with Gasteiger partial charge in [0.05, 0.1) is 11.0 Å². The molecule has 1 saturated carbocycles. The number of hydrogen-bond acceptors (Lipinski definition) is 2. The zero-order valence-electron chi connectivity index (χ0n) is 15.6. The van der Waals surface area contributed by atoms with E-state index in [9.17, 15) is 22.8 Å². The van der Waals surface area contributed by atoms with E-state index in [0.717, 1.165) is 31.4 Å². The number of amides is 2. The van der Waals surface area contributed by atoms with Crippen molar-refractivity contribution in [3.63, 3.8) is 0 Å². The summed E-state index contributed by atoms with van der Waals surface area (Å²) in [6.45, 7) is 3.76. The van der Waals surface area contributed by atoms with Crippen molar-refractivity contribution >= 4 is 11.8 Å². The Hall–Kier alpha value is -2.05. The molecule has 4 nitrogen and oxygen atoms in total. The van der Waals surface area contributed by atoms with Crippen LogP contribution < -0.4 is 5.32 Å². The molecule has 1 aromatic carbocycles. The van der Waals surface area contributed by atoms with Crippen LogP contribution >= 0.6 is 0 Å². The van der Waals surface area contributed by atoms with Crippen molar-refractivity contribution in [2.24, 2.45) is 5.41 Å². The first kappa shape index (κ1) is 19.7. The first-order chi connectivity index (χ1) is 12.7. The van der Waals surface area contributed by atoms with Gasteiger partial charge in [-0.25, -0.2) is 0 Å². The molecule has 2 fully saturated rings. The Bertz CT molecular complexity index is 724. The van der Waals surface area contributed by atoms with Crippen LogP contribution in [0.2, 0.25) is 0 Å². The number of likely N-dealkylation sites (tertiary alicyclic amines) is 1. The lowest BCUT2D eigenvalue weighted by molar-refractivity contribution is -0.186. The SMILES string of the molecule is CC(C)N1C(=O)C2(CCCCC2)C1C(=O)NCc1cccc(C(F)(F)F)c1. The van der Waals surface area contributed by atoms with Crippen molar-refractivity contribution < 1.29 is 22.8 Å². The summed E-state index contributed by atoms with van der Waals surface area (Å²) in [4.78, 5) is 27.3. The number of carbonyl (C=O) groups excluding carboxylic acids is 2. The van der Waals surface area contributed by atoms with Crippen LogP contribution in [-0.4, -0.2) is 28.8 Å². The highest BCUT2D eigenvalue weighted by Crippen LogP contribution is 2.51. The highest BCUT2D eigenvalue weighted by molar-refractivity contribution is 6.02. The molecule has 2 aliphatic rings. The van der Waals surface area contributed by atoms with Crippen molar-refractivity contribution in [2.75, 3.05) is 0 Å². The fourth-order valence-corrected chi connectivity index (χ4v) is 4.41. The van der Waals surface area contributed by atoms with E-state index in [2.05, 4.69) is 5.32 Å². The number of nitrogens with zero attached hydrogens (tertiary/aromatic N) is 1.